The van der Waals surface area contributed by atoms with Crippen molar-refractivity contribution < 1.29 is 19.1 Å². The monoisotopic (exact) mass is 357 g/mol. The molecule has 138 valence electrons. The van der Waals surface area contributed by atoms with Crippen molar-refractivity contribution in [2.24, 2.45) is 0 Å². The molecule has 2 aliphatic heterocycles. The number of hydrogen-bond donors (Lipinski definition) is 1. The molecule has 1 aliphatic carbocycles. The number of carbonyl (C=O) groups excluding carboxylic acids is 3. The van der Waals surface area contributed by atoms with E-state index in [0.717, 1.165) is 18.4 Å². The van der Waals surface area contributed by atoms with E-state index in [2.05, 4.69) is 5.32 Å². The highest BCUT2D eigenvalue weighted by Gasteiger charge is 2.47. The largest absolute Gasteiger partial charge is 0.375 e. The smallest absolute Gasteiger partial charge is 0.255 e. The predicted octanol–water partition coefficient (Wildman–Crippen LogP) is 0.709. The highest BCUT2D eigenvalue weighted by atomic mass is 16.5. The molecule has 2 atom stereocenters. The molecule has 1 saturated carbocycles. The number of nitrogens with zero attached hydrogens (tertiary/aromatic N) is 2. The molecule has 26 heavy (non-hydrogen) atoms. The van der Waals surface area contributed by atoms with Gasteiger partial charge in [-0.25, -0.2) is 0 Å². The van der Waals surface area contributed by atoms with E-state index in [1.165, 1.54) is 0 Å². The number of ether oxygens (including phenoxy) is 1. The van der Waals surface area contributed by atoms with Gasteiger partial charge in [0, 0.05) is 24.7 Å². The van der Waals surface area contributed by atoms with Crippen LogP contribution >= 0.6 is 0 Å². The Labute approximate surface area is 152 Å². The van der Waals surface area contributed by atoms with Crippen LogP contribution in [-0.2, 0) is 14.3 Å². The molecule has 2 fully saturated rings. The van der Waals surface area contributed by atoms with E-state index in [9.17, 15) is 14.4 Å². The number of hydrogen-bond acceptors (Lipinski definition) is 4. The van der Waals surface area contributed by atoms with Crippen LogP contribution in [0.3, 0.4) is 0 Å². The van der Waals surface area contributed by atoms with Gasteiger partial charge in [-0.15, -0.1) is 0 Å². The summed E-state index contributed by atoms with van der Waals surface area (Å²) in [6.45, 7) is 3.45. The fraction of sp³-hybridized carbons (Fsp3) is 0.526. The lowest BCUT2D eigenvalue weighted by Crippen LogP contribution is -2.49. The molecule has 0 radical (unpaired) electrons. The summed E-state index contributed by atoms with van der Waals surface area (Å²) < 4.78 is 5.44. The van der Waals surface area contributed by atoms with Crippen molar-refractivity contribution in [3.8, 4) is 0 Å². The Morgan fingerprint density at radius 1 is 1.27 bits per heavy atom. The molecule has 1 aromatic carbocycles. The van der Waals surface area contributed by atoms with Crippen LogP contribution in [-0.4, -0.2) is 65.9 Å². The Kier molecular flexibility index (Phi) is 4.40. The molecule has 7 nitrogen and oxygen atoms in total. The molecule has 1 aromatic rings. The van der Waals surface area contributed by atoms with Crippen molar-refractivity contribution in [1.29, 1.82) is 0 Å². The molecule has 0 unspecified atom stereocenters. The quantitative estimate of drug-likeness (QED) is 0.861. The average Bonchev–Trinajstić information content (AvgIpc) is 3.44. The normalized spacial score (nSPS) is 25.2. The van der Waals surface area contributed by atoms with Gasteiger partial charge in [-0.1, -0.05) is 18.2 Å². The second-order valence-electron chi connectivity index (χ2n) is 7.17. The number of amides is 3. The van der Waals surface area contributed by atoms with E-state index in [0.29, 0.717) is 25.3 Å². The maximum Gasteiger partial charge on any atom is 0.255 e. The van der Waals surface area contributed by atoms with Crippen LogP contribution in [0.4, 0.5) is 0 Å². The fourth-order valence-corrected chi connectivity index (χ4v) is 3.75. The first kappa shape index (κ1) is 17.0. The van der Waals surface area contributed by atoms with E-state index in [4.69, 9.17) is 4.74 Å². The lowest BCUT2D eigenvalue weighted by molar-refractivity contribution is -0.139. The highest BCUT2D eigenvalue weighted by molar-refractivity contribution is 6.05. The number of rotatable bonds is 4. The van der Waals surface area contributed by atoms with Gasteiger partial charge in [0.1, 0.15) is 6.04 Å². The average molecular weight is 357 g/mol. The Morgan fingerprint density at radius 3 is 2.77 bits per heavy atom. The van der Waals surface area contributed by atoms with Crippen molar-refractivity contribution in [2.45, 2.75) is 38.0 Å². The number of fused-ring (bicyclic) bond motifs is 1. The minimum atomic E-state index is -0.636. The van der Waals surface area contributed by atoms with Crippen molar-refractivity contribution in [1.82, 2.24) is 15.1 Å². The van der Waals surface area contributed by atoms with E-state index in [1.807, 2.05) is 25.1 Å². The molecule has 3 aliphatic rings. The topological polar surface area (TPSA) is 79.0 Å². The summed E-state index contributed by atoms with van der Waals surface area (Å²) in [5, 5.41) is 2.75. The van der Waals surface area contributed by atoms with Crippen LogP contribution in [0.2, 0.25) is 0 Å². The summed E-state index contributed by atoms with van der Waals surface area (Å²) in [5.41, 5.74) is 1.32. The van der Waals surface area contributed by atoms with E-state index < -0.39 is 6.04 Å². The zero-order valence-corrected chi connectivity index (χ0v) is 14.8. The summed E-state index contributed by atoms with van der Waals surface area (Å²) in [5.74, 6) is -0.495. The van der Waals surface area contributed by atoms with Crippen LogP contribution in [0.5, 0.6) is 0 Å². The summed E-state index contributed by atoms with van der Waals surface area (Å²) in [6, 6.07) is 6.73. The molecule has 1 N–H and O–H groups in total. The molecule has 0 spiro atoms. The van der Waals surface area contributed by atoms with Crippen LogP contribution in [0.25, 0.3) is 0 Å². The molecular weight excluding hydrogens is 334 g/mol. The number of morpholine rings is 1. The summed E-state index contributed by atoms with van der Waals surface area (Å²) in [7, 11) is 0. The van der Waals surface area contributed by atoms with Gasteiger partial charge in [0.15, 0.2) is 0 Å². The van der Waals surface area contributed by atoms with Crippen LogP contribution in [0, 0.1) is 0 Å². The maximum atomic E-state index is 12.8. The summed E-state index contributed by atoms with van der Waals surface area (Å²) in [6.07, 6.45) is 1.86. The molecule has 0 bridgehead atoms. The third-order valence-electron chi connectivity index (χ3n) is 5.19. The van der Waals surface area contributed by atoms with E-state index in [1.54, 1.807) is 15.9 Å². The molecule has 7 heteroatoms. The van der Waals surface area contributed by atoms with Crippen LogP contribution < -0.4 is 5.32 Å². The Hall–Kier alpha value is -2.41. The molecule has 1 saturated heterocycles. The first-order chi connectivity index (χ1) is 12.6. The maximum absolute atomic E-state index is 12.8. The van der Waals surface area contributed by atoms with Gasteiger partial charge in [-0.3, -0.25) is 14.4 Å². The van der Waals surface area contributed by atoms with Crippen molar-refractivity contribution in [2.75, 3.05) is 26.2 Å². The van der Waals surface area contributed by atoms with Gasteiger partial charge in [0.25, 0.3) is 5.91 Å². The lowest BCUT2D eigenvalue weighted by Gasteiger charge is -2.31. The minimum Gasteiger partial charge on any atom is -0.375 e. The van der Waals surface area contributed by atoms with Gasteiger partial charge >= 0.3 is 0 Å². The van der Waals surface area contributed by atoms with Crippen LogP contribution in [0.15, 0.2) is 24.3 Å². The third-order valence-corrected chi connectivity index (χ3v) is 5.19. The molecule has 0 aromatic heterocycles. The van der Waals surface area contributed by atoms with E-state index >= 15 is 0 Å². The molecule has 2 heterocycles. The number of nitrogens with one attached hydrogen (secondary N) is 1. The van der Waals surface area contributed by atoms with Crippen LogP contribution in [0.1, 0.15) is 41.7 Å². The van der Waals surface area contributed by atoms with E-state index in [-0.39, 0.29) is 36.4 Å². The minimum absolute atomic E-state index is 0.00749. The zero-order chi connectivity index (χ0) is 18.3. The van der Waals surface area contributed by atoms with Gasteiger partial charge in [-0.05, 0) is 31.4 Å². The first-order valence-electron chi connectivity index (χ1n) is 9.15. The van der Waals surface area contributed by atoms with Crippen molar-refractivity contribution >= 4 is 17.7 Å². The summed E-state index contributed by atoms with van der Waals surface area (Å²) >= 11 is 0. The second kappa shape index (κ2) is 6.72. The van der Waals surface area contributed by atoms with Gasteiger partial charge in [0.05, 0.1) is 19.3 Å². The third kappa shape index (κ3) is 3.07. The standard InChI is InChI=1S/C19H23N3O4/c1-12-11-21(8-9-26-12)16(23)10-20-18(24)17-14-4-2-3-5-15(14)19(25)22(17)13-6-7-13/h2-5,12-13,17H,6-11H2,1H3,(H,20,24)/t12-,17+/m0/s1. The highest BCUT2D eigenvalue weighted by Crippen LogP contribution is 2.41. The van der Waals surface area contributed by atoms with Gasteiger partial charge in [0.2, 0.25) is 11.8 Å². The summed E-state index contributed by atoms with van der Waals surface area (Å²) in [4.78, 5) is 41.3. The Balaban J connectivity index is 1.45. The Morgan fingerprint density at radius 2 is 2.04 bits per heavy atom. The van der Waals surface area contributed by atoms with Crippen molar-refractivity contribution in [3.63, 3.8) is 0 Å². The predicted molar refractivity (Wildman–Crippen MR) is 93.4 cm³/mol. The number of carbonyl (C=O) groups is 3. The van der Waals surface area contributed by atoms with Gasteiger partial charge < -0.3 is 19.9 Å². The zero-order valence-electron chi connectivity index (χ0n) is 14.8. The van der Waals surface area contributed by atoms with Gasteiger partial charge in [-0.2, -0.15) is 0 Å². The lowest BCUT2D eigenvalue weighted by atomic mass is 10.0. The number of benzene rings is 1. The molecule has 3 amide bonds. The second-order valence-corrected chi connectivity index (χ2v) is 7.17. The fourth-order valence-electron chi connectivity index (χ4n) is 3.75. The van der Waals surface area contributed by atoms with Crippen molar-refractivity contribution in [3.05, 3.63) is 35.4 Å². The molecular formula is C19H23N3O4. The first-order valence-corrected chi connectivity index (χ1v) is 9.15. The SMILES string of the molecule is C[C@H]1CN(C(=O)CNC(=O)[C@H]2c3ccccc3C(=O)N2C2CC2)CCO1. The molecule has 4 rings (SSSR count). The Bertz CT molecular complexity index is 746.